The minimum atomic E-state index is 0.657. The fraction of sp³-hybridized carbons (Fsp3) is 0.333. The van der Waals surface area contributed by atoms with E-state index in [9.17, 15) is 0 Å². The van der Waals surface area contributed by atoms with E-state index in [1.165, 1.54) is 0 Å². The molecule has 2 rings (SSSR count). The molecule has 0 aliphatic carbocycles. The second kappa shape index (κ2) is 5.29. The van der Waals surface area contributed by atoms with Crippen LogP contribution in [0.25, 0.3) is 11.3 Å². The van der Waals surface area contributed by atoms with Crippen LogP contribution < -0.4 is 5.32 Å². The summed E-state index contributed by atoms with van der Waals surface area (Å²) >= 11 is 6.28. The van der Waals surface area contributed by atoms with Crippen molar-refractivity contribution in [1.82, 2.24) is 19.9 Å². The average molecular weight is 251 g/mol. The Morgan fingerprint density at radius 1 is 1.47 bits per heavy atom. The Morgan fingerprint density at radius 2 is 2.29 bits per heavy atom. The highest BCUT2D eigenvalue weighted by molar-refractivity contribution is 6.32. The standard InChI is InChI=1S/C12H15ClN4/c1-14-7-5-10-16-11(12(13)17(10)2)9-4-3-6-15-8-9/h3-4,6,8,14H,5,7H2,1-2H3. The lowest BCUT2D eigenvalue weighted by molar-refractivity contribution is 0.718. The molecule has 4 nitrogen and oxygen atoms in total. The number of aromatic nitrogens is 3. The summed E-state index contributed by atoms with van der Waals surface area (Å²) in [5.74, 6) is 0.975. The van der Waals surface area contributed by atoms with Crippen molar-refractivity contribution in [3.8, 4) is 11.3 Å². The molecule has 0 bridgehead atoms. The lowest BCUT2D eigenvalue weighted by Crippen LogP contribution is -2.13. The van der Waals surface area contributed by atoms with E-state index in [-0.39, 0.29) is 0 Å². The van der Waals surface area contributed by atoms with Crippen molar-refractivity contribution in [2.75, 3.05) is 13.6 Å². The first-order valence-corrected chi connectivity index (χ1v) is 5.88. The van der Waals surface area contributed by atoms with E-state index in [0.717, 1.165) is 30.0 Å². The molecule has 90 valence electrons. The molecule has 0 spiro atoms. The van der Waals surface area contributed by atoms with Crippen molar-refractivity contribution in [3.63, 3.8) is 0 Å². The maximum atomic E-state index is 6.28. The Labute approximate surface area is 106 Å². The summed E-state index contributed by atoms with van der Waals surface area (Å²) in [6, 6.07) is 3.84. The summed E-state index contributed by atoms with van der Waals surface area (Å²) in [5.41, 5.74) is 1.75. The van der Waals surface area contributed by atoms with E-state index in [4.69, 9.17) is 11.6 Å². The Hall–Kier alpha value is -1.39. The molecule has 0 atom stereocenters. The van der Waals surface area contributed by atoms with Crippen LogP contribution in [0.1, 0.15) is 5.82 Å². The molecule has 0 fully saturated rings. The van der Waals surface area contributed by atoms with Gasteiger partial charge in [-0.15, -0.1) is 0 Å². The molecule has 0 radical (unpaired) electrons. The molecule has 0 saturated heterocycles. The zero-order valence-corrected chi connectivity index (χ0v) is 10.7. The summed E-state index contributed by atoms with van der Waals surface area (Å²) in [4.78, 5) is 8.65. The van der Waals surface area contributed by atoms with Crippen LogP contribution in [0, 0.1) is 0 Å². The van der Waals surface area contributed by atoms with Gasteiger partial charge in [-0.1, -0.05) is 11.6 Å². The van der Waals surface area contributed by atoms with Crippen molar-refractivity contribution >= 4 is 11.6 Å². The lowest BCUT2D eigenvalue weighted by atomic mass is 10.2. The molecule has 0 saturated carbocycles. The third-order valence-electron chi connectivity index (χ3n) is 2.65. The topological polar surface area (TPSA) is 42.7 Å². The molecule has 17 heavy (non-hydrogen) atoms. The van der Waals surface area contributed by atoms with Gasteiger partial charge in [0.25, 0.3) is 0 Å². The number of hydrogen-bond donors (Lipinski definition) is 1. The highest BCUT2D eigenvalue weighted by atomic mass is 35.5. The summed E-state index contributed by atoms with van der Waals surface area (Å²) < 4.78 is 1.92. The van der Waals surface area contributed by atoms with Gasteiger partial charge in [-0.05, 0) is 19.2 Å². The van der Waals surface area contributed by atoms with Crippen LogP contribution >= 0.6 is 11.6 Å². The first-order valence-electron chi connectivity index (χ1n) is 5.50. The Kier molecular flexibility index (Phi) is 3.76. The molecular weight excluding hydrogens is 236 g/mol. The smallest absolute Gasteiger partial charge is 0.136 e. The van der Waals surface area contributed by atoms with Gasteiger partial charge in [-0.25, -0.2) is 4.98 Å². The number of halogens is 1. The molecule has 2 aromatic heterocycles. The van der Waals surface area contributed by atoms with E-state index < -0.39 is 0 Å². The number of imidazole rings is 1. The molecule has 5 heteroatoms. The van der Waals surface area contributed by atoms with Gasteiger partial charge in [0.05, 0.1) is 0 Å². The second-order valence-corrected chi connectivity index (χ2v) is 4.18. The van der Waals surface area contributed by atoms with Gasteiger partial charge in [0.1, 0.15) is 16.7 Å². The summed E-state index contributed by atoms with van der Waals surface area (Å²) in [5, 5.41) is 3.76. The summed E-state index contributed by atoms with van der Waals surface area (Å²) in [6.07, 6.45) is 4.37. The van der Waals surface area contributed by atoms with E-state index in [0.29, 0.717) is 5.15 Å². The van der Waals surface area contributed by atoms with Gasteiger partial charge in [-0.2, -0.15) is 0 Å². The van der Waals surface area contributed by atoms with Crippen molar-refractivity contribution < 1.29 is 0 Å². The predicted molar refractivity (Wildman–Crippen MR) is 69.1 cm³/mol. The van der Waals surface area contributed by atoms with Gasteiger partial charge in [0, 0.05) is 38.0 Å². The molecular formula is C12H15ClN4. The van der Waals surface area contributed by atoms with E-state index >= 15 is 0 Å². The SMILES string of the molecule is CNCCc1nc(-c2cccnc2)c(Cl)n1C. The summed E-state index contributed by atoms with van der Waals surface area (Å²) in [6.45, 7) is 0.883. The zero-order valence-electron chi connectivity index (χ0n) is 9.94. The monoisotopic (exact) mass is 250 g/mol. The van der Waals surface area contributed by atoms with Crippen LogP contribution in [-0.4, -0.2) is 28.1 Å². The number of rotatable bonds is 4. The average Bonchev–Trinajstić information content (AvgIpc) is 2.65. The normalized spacial score (nSPS) is 10.8. The molecule has 0 aromatic carbocycles. The first kappa shape index (κ1) is 12.1. The van der Waals surface area contributed by atoms with Crippen LogP contribution in [0.3, 0.4) is 0 Å². The van der Waals surface area contributed by atoms with E-state index in [1.54, 1.807) is 12.4 Å². The molecule has 0 aliphatic heterocycles. The summed E-state index contributed by atoms with van der Waals surface area (Å²) in [7, 11) is 3.85. The number of hydrogen-bond acceptors (Lipinski definition) is 3. The van der Waals surface area contributed by atoms with Gasteiger partial charge < -0.3 is 9.88 Å². The van der Waals surface area contributed by atoms with Gasteiger partial charge in [0.2, 0.25) is 0 Å². The van der Waals surface area contributed by atoms with Crippen molar-refractivity contribution in [2.45, 2.75) is 6.42 Å². The highest BCUT2D eigenvalue weighted by Crippen LogP contribution is 2.26. The molecule has 0 aliphatic rings. The van der Waals surface area contributed by atoms with Gasteiger partial charge in [0.15, 0.2) is 0 Å². The van der Waals surface area contributed by atoms with Crippen LogP contribution in [0.2, 0.25) is 5.15 Å². The fourth-order valence-corrected chi connectivity index (χ4v) is 1.92. The van der Waals surface area contributed by atoms with E-state index in [2.05, 4.69) is 15.3 Å². The highest BCUT2D eigenvalue weighted by Gasteiger charge is 2.13. The maximum Gasteiger partial charge on any atom is 0.136 e. The lowest BCUT2D eigenvalue weighted by Gasteiger charge is -2.00. The second-order valence-electron chi connectivity index (χ2n) is 3.82. The Morgan fingerprint density at radius 3 is 2.94 bits per heavy atom. The quantitative estimate of drug-likeness (QED) is 0.901. The number of likely N-dealkylation sites (N-methyl/N-ethyl adjacent to an activating group) is 1. The van der Waals surface area contributed by atoms with E-state index in [1.807, 2.05) is 30.8 Å². The van der Waals surface area contributed by atoms with Crippen LogP contribution in [-0.2, 0) is 13.5 Å². The van der Waals surface area contributed by atoms with Crippen LogP contribution in [0.5, 0.6) is 0 Å². The zero-order chi connectivity index (χ0) is 12.3. The van der Waals surface area contributed by atoms with Crippen molar-refractivity contribution in [1.29, 1.82) is 0 Å². The van der Waals surface area contributed by atoms with Gasteiger partial charge in [-0.3, -0.25) is 4.98 Å². The third-order valence-corrected chi connectivity index (χ3v) is 3.08. The molecule has 0 amide bonds. The minimum absolute atomic E-state index is 0.657. The predicted octanol–water partition coefficient (Wildman–Crippen LogP) is 1.90. The van der Waals surface area contributed by atoms with Crippen molar-refractivity contribution in [2.24, 2.45) is 7.05 Å². The molecule has 2 aromatic rings. The fourth-order valence-electron chi connectivity index (χ4n) is 1.67. The minimum Gasteiger partial charge on any atom is -0.322 e. The largest absolute Gasteiger partial charge is 0.322 e. The molecule has 2 heterocycles. The number of pyridine rings is 1. The first-order chi connectivity index (χ1) is 8.24. The van der Waals surface area contributed by atoms with Crippen LogP contribution in [0.4, 0.5) is 0 Å². The van der Waals surface area contributed by atoms with Crippen LogP contribution in [0.15, 0.2) is 24.5 Å². The molecule has 1 N–H and O–H groups in total. The Balaban J connectivity index is 2.36. The molecule has 0 unspecified atom stereocenters. The number of nitrogens with one attached hydrogen (secondary N) is 1. The van der Waals surface area contributed by atoms with Crippen molar-refractivity contribution in [3.05, 3.63) is 35.5 Å². The Bertz CT molecular complexity index is 493. The third kappa shape index (κ3) is 2.48. The number of nitrogens with zero attached hydrogens (tertiary/aromatic N) is 3. The van der Waals surface area contributed by atoms with Gasteiger partial charge >= 0.3 is 0 Å². The maximum absolute atomic E-state index is 6.28.